The topological polar surface area (TPSA) is 162 Å². The molecule has 0 fully saturated rings. The van der Waals surface area contributed by atoms with Crippen molar-refractivity contribution in [3.05, 3.63) is 77.9 Å². The van der Waals surface area contributed by atoms with Gasteiger partial charge in [-0.2, -0.15) is 13.2 Å². The van der Waals surface area contributed by atoms with Gasteiger partial charge < -0.3 is 10.4 Å². The molecule has 14 heteroatoms. The van der Waals surface area contributed by atoms with Crippen molar-refractivity contribution in [1.29, 1.82) is 0 Å². The van der Waals surface area contributed by atoms with E-state index in [-0.39, 0.29) is 23.4 Å². The first-order valence-corrected chi connectivity index (χ1v) is 7.62. The summed E-state index contributed by atoms with van der Waals surface area (Å²) >= 11 is 0. The average Bonchev–Trinajstić information content (AvgIpc) is 2.64. The van der Waals surface area contributed by atoms with Crippen LogP contribution in [0.1, 0.15) is 17.2 Å². The lowest BCUT2D eigenvalue weighted by atomic mass is 10.1. The zero-order valence-electron chi connectivity index (χ0n) is 14.1. The van der Waals surface area contributed by atoms with Crippen molar-refractivity contribution in [2.45, 2.75) is 12.3 Å². The third-order valence-corrected chi connectivity index (χ3v) is 3.78. The van der Waals surface area contributed by atoms with Gasteiger partial charge in [-0.15, -0.1) is 0 Å². The monoisotopic (exact) mass is 416 g/mol. The molecular formula is C15H11F3N4O7. The van der Waals surface area contributed by atoms with Crippen LogP contribution in [0, 0.1) is 30.3 Å². The Hall–Kier alpha value is -3.81. The van der Waals surface area contributed by atoms with Gasteiger partial charge in [-0.05, 0) is 17.7 Å². The van der Waals surface area contributed by atoms with E-state index in [1.54, 1.807) is 0 Å². The maximum Gasteiger partial charge on any atom is 0.416 e. The Morgan fingerprint density at radius 3 is 1.79 bits per heavy atom. The largest absolute Gasteiger partial charge is 0.416 e. The number of aliphatic hydroxyl groups excluding tert-OH is 1. The van der Waals surface area contributed by atoms with Crippen molar-refractivity contribution in [2.24, 2.45) is 0 Å². The predicted molar refractivity (Wildman–Crippen MR) is 91.3 cm³/mol. The summed E-state index contributed by atoms with van der Waals surface area (Å²) in [4.78, 5) is 29.8. The fourth-order valence-corrected chi connectivity index (χ4v) is 2.38. The lowest BCUT2D eigenvalue weighted by molar-refractivity contribution is -0.392. The smallest absolute Gasteiger partial charge is 0.387 e. The van der Waals surface area contributed by atoms with Crippen molar-refractivity contribution in [3.8, 4) is 0 Å². The highest BCUT2D eigenvalue weighted by atomic mass is 19.4. The van der Waals surface area contributed by atoms with E-state index in [1.165, 1.54) is 12.1 Å². The van der Waals surface area contributed by atoms with Crippen molar-refractivity contribution in [1.82, 2.24) is 0 Å². The lowest BCUT2D eigenvalue weighted by Gasteiger charge is -2.14. The highest BCUT2D eigenvalue weighted by molar-refractivity contribution is 5.75. The minimum Gasteiger partial charge on any atom is -0.387 e. The molecule has 0 aliphatic carbocycles. The van der Waals surface area contributed by atoms with Gasteiger partial charge in [-0.25, -0.2) is 0 Å². The van der Waals surface area contributed by atoms with Crippen LogP contribution in [0.5, 0.6) is 0 Å². The Kier molecular flexibility index (Phi) is 5.97. The predicted octanol–water partition coefficient (Wildman–Crippen LogP) is 3.58. The molecule has 2 aromatic carbocycles. The Morgan fingerprint density at radius 1 is 0.931 bits per heavy atom. The van der Waals surface area contributed by atoms with Crippen molar-refractivity contribution >= 4 is 22.7 Å². The second kappa shape index (κ2) is 8.05. The van der Waals surface area contributed by atoms with Gasteiger partial charge >= 0.3 is 6.18 Å². The minimum atomic E-state index is -5.05. The average molecular weight is 416 g/mol. The van der Waals surface area contributed by atoms with E-state index in [0.717, 1.165) is 12.1 Å². The molecule has 29 heavy (non-hydrogen) atoms. The van der Waals surface area contributed by atoms with Gasteiger partial charge in [0.05, 0.1) is 26.4 Å². The Balaban J connectivity index is 2.36. The molecule has 0 spiro atoms. The number of halogens is 3. The first-order chi connectivity index (χ1) is 13.4. The summed E-state index contributed by atoms with van der Waals surface area (Å²) in [7, 11) is 0. The van der Waals surface area contributed by atoms with Crippen LogP contribution in [-0.4, -0.2) is 26.4 Å². The van der Waals surface area contributed by atoms with E-state index in [9.17, 15) is 48.6 Å². The number of nitro benzene ring substituents is 3. The zero-order chi connectivity index (χ0) is 21.9. The normalized spacial score (nSPS) is 12.3. The van der Waals surface area contributed by atoms with Gasteiger partial charge in [0, 0.05) is 30.8 Å². The third kappa shape index (κ3) is 4.92. The van der Waals surface area contributed by atoms with Crippen LogP contribution in [0.15, 0.2) is 36.4 Å². The molecule has 0 radical (unpaired) electrons. The summed E-state index contributed by atoms with van der Waals surface area (Å²) in [6.45, 7) is -0.551. The molecule has 154 valence electrons. The highest BCUT2D eigenvalue weighted by Gasteiger charge is 2.37. The first kappa shape index (κ1) is 21.5. The van der Waals surface area contributed by atoms with Crippen LogP contribution in [0.4, 0.5) is 35.9 Å². The molecule has 0 bridgehead atoms. The fourth-order valence-electron chi connectivity index (χ4n) is 2.38. The molecule has 0 saturated heterocycles. The third-order valence-electron chi connectivity index (χ3n) is 3.78. The van der Waals surface area contributed by atoms with Crippen molar-refractivity contribution in [3.63, 3.8) is 0 Å². The SMILES string of the molecule is O=[N+]([O-])c1ccc(C(O)CNc2c([N+](=O)[O-])cc(C(F)(F)F)cc2[N+](=O)[O-])cc1. The number of hydrogen-bond donors (Lipinski definition) is 2. The van der Waals surface area contributed by atoms with Gasteiger partial charge in [0.2, 0.25) is 0 Å². The Labute approximate surface area is 158 Å². The molecule has 0 aromatic heterocycles. The van der Waals surface area contributed by atoms with E-state index < -0.39 is 56.2 Å². The lowest BCUT2D eigenvalue weighted by Crippen LogP contribution is -2.15. The van der Waals surface area contributed by atoms with Gasteiger partial charge in [-0.1, -0.05) is 0 Å². The highest BCUT2D eigenvalue weighted by Crippen LogP contribution is 2.41. The number of anilines is 1. The summed E-state index contributed by atoms with van der Waals surface area (Å²) in [5.74, 6) is 0. The Bertz CT molecular complexity index is 928. The number of alkyl halides is 3. The second-order valence-electron chi connectivity index (χ2n) is 5.65. The molecular weight excluding hydrogens is 405 g/mol. The van der Waals surface area contributed by atoms with E-state index in [4.69, 9.17) is 0 Å². The number of nitrogens with one attached hydrogen (secondary N) is 1. The van der Waals surface area contributed by atoms with Gasteiger partial charge in [0.1, 0.15) is 0 Å². The molecule has 2 N–H and O–H groups in total. The number of rotatable bonds is 7. The Morgan fingerprint density at radius 2 is 1.41 bits per heavy atom. The van der Waals surface area contributed by atoms with Gasteiger partial charge in [-0.3, -0.25) is 30.3 Å². The number of aliphatic hydroxyl groups is 1. The first-order valence-electron chi connectivity index (χ1n) is 7.62. The van der Waals surface area contributed by atoms with Crippen LogP contribution in [0.25, 0.3) is 0 Å². The second-order valence-corrected chi connectivity index (χ2v) is 5.65. The quantitative estimate of drug-likeness (QED) is 0.511. The number of hydrogen-bond acceptors (Lipinski definition) is 8. The molecule has 0 amide bonds. The van der Waals surface area contributed by atoms with Crippen LogP contribution >= 0.6 is 0 Å². The fraction of sp³-hybridized carbons (Fsp3) is 0.200. The maximum atomic E-state index is 12.9. The van der Waals surface area contributed by atoms with Crippen molar-refractivity contribution < 1.29 is 33.0 Å². The zero-order valence-corrected chi connectivity index (χ0v) is 14.1. The molecule has 2 aromatic rings. The van der Waals surface area contributed by atoms with E-state index >= 15 is 0 Å². The van der Waals surface area contributed by atoms with E-state index in [2.05, 4.69) is 5.32 Å². The number of benzene rings is 2. The van der Waals surface area contributed by atoms with Gasteiger partial charge in [0.25, 0.3) is 17.1 Å². The van der Waals surface area contributed by atoms with Crippen LogP contribution in [0.2, 0.25) is 0 Å². The summed E-state index contributed by atoms with van der Waals surface area (Å²) < 4.78 is 38.6. The van der Waals surface area contributed by atoms with Crippen LogP contribution < -0.4 is 5.32 Å². The molecule has 0 aliphatic heterocycles. The summed E-state index contributed by atoms with van der Waals surface area (Å²) in [5.41, 5.74) is -4.89. The summed E-state index contributed by atoms with van der Waals surface area (Å²) in [6, 6.07) is 4.85. The number of nitro groups is 3. The standard InChI is InChI=1S/C15H11F3N4O7/c16-15(17,18)9-5-11(21(26)27)14(12(6-9)22(28)29)19-7-13(23)8-1-3-10(4-2-8)20(24)25/h1-6,13,19,23H,7H2. The number of nitrogens with zero attached hydrogens (tertiary/aromatic N) is 3. The van der Waals surface area contributed by atoms with E-state index in [1.807, 2.05) is 0 Å². The molecule has 11 nitrogen and oxygen atoms in total. The molecule has 1 atom stereocenters. The van der Waals surface area contributed by atoms with E-state index in [0.29, 0.717) is 0 Å². The van der Waals surface area contributed by atoms with Crippen molar-refractivity contribution in [2.75, 3.05) is 11.9 Å². The van der Waals surface area contributed by atoms with Gasteiger partial charge in [0.15, 0.2) is 5.69 Å². The maximum absolute atomic E-state index is 12.9. The molecule has 1 unspecified atom stereocenters. The van der Waals surface area contributed by atoms with Crippen LogP contribution in [-0.2, 0) is 6.18 Å². The van der Waals surface area contributed by atoms with Crippen LogP contribution in [0.3, 0.4) is 0 Å². The molecule has 0 aliphatic rings. The molecule has 0 heterocycles. The summed E-state index contributed by atoms with van der Waals surface area (Å²) in [5, 5.41) is 45.2. The molecule has 2 rings (SSSR count). The molecule has 0 saturated carbocycles. The minimum absolute atomic E-state index is 0.139. The number of non-ortho nitro benzene ring substituents is 1. The summed E-state index contributed by atoms with van der Waals surface area (Å²) in [6.07, 6.45) is -6.47.